The summed E-state index contributed by atoms with van der Waals surface area (Å²) in [5.74, 6) is 2.44. The minimum atomic E-state index is -0.171. The molecule has 0 heterocycles. The Bertz CT molecular complexity index is 900. The lowest BCUT2D eigenvalue weighted by molar-refractivity contribution is -0.191. The lowest BCUT2D eigenvalue weighted by Gasteiger charge is -2.64. The lowest BCUT2D eigenvalue weighted by atomic mass is 9.42. The Labute approximate surface area is 214 Å². The number of hydrogen-bond acceptors (Lipinski definition) is 3. The molecule has 0 radical (unpaired) electrons. The van der Waals surface area contributed by atoms with Gasteiger partial charge in [-0.25, -0.2) is 0 Å². The van der Waals surface area contributed by atoms with Gasteiger partial charge in [0.1, 0.15) is 6.10 Å². The number of carbonyl (C=O) groups excluding carboxylic acids is 1. The molecule has 6 unspecified atom stereocenters. The first-order valence-electron chi connectivity index (χ1n) is 14.7. The van der Waals surface area contributed by atoms with Gasteiger partial charge in [-0.15, -0.1) is 0 Å². The summed E-state index contributed by atoms with van der Waals surface area (Å²) in [5, 5.41) is 10.9. The number of hydrogen-bond donors (Lipinski definition) is 1. The summed E-state index contributed by atoms with van der Waals surface area (Å²) in [4.78, 5) is 11.9. The zero-order valence-corrected chi connectivity index (χ0v) is 23.9. The van der Waals surface area contributed by atoms with Gasteiger partial charge in [-0.05, 0) is 110 Å². The van der Waals surface area contributed by atoms with Crippen LogP contribution in [0.3, 0.4) is 0 Å². The molecule has 198 valence electrons. The molecule has 0 amide bonds. The average Bonchev–Trinajstić information content (AvgIpc) is 2.90. The SMILES string of the molecule is CC(=O)OC1CC[C@@]2(C)C(CC[C@@]3(C)CC4=CCC5C(C)(C)C(O)CC[C@]5(C)C4CCC32)C1(C)C. The first kappa shape index (κ1) is 25.8. The Kier molecular flexibility index (Phi) is 5.96. The standard InChI is InChI=1S/C32H52O3/c1-20(33)35-27-15-18-32(8)24(29(27,4)5)13-16-30(6)19-21-9-11-23-28(2,3)26(34)14-17-31(23,7)22(21)10-12-25(30)32/h9,22-27,34H,10-19H2,1-8H3/t22?,23?,24?,25?,26?,27?,30-,31+,32-/m0/s1. The minimum absolute atomic E-state index is 0.00576. The van der Waals surface area contributed by atoms with E-state index < -0.39 is 0 Å². The molecule has 3 heteroatoms. The predicted molar refractivity (Wildman–Crippen MR) is 142 cm³/mol. The van der Waals surface area contributed by atoms with Crippen molar-refractivity contribution in [2.24, 2.45) is 50.7 Å². The molecule has 4 fully saturated rings. The van der Waals surface area contributed by atoms with Gasteiger partial charge in [-0.3, -0.25) is 4.79 Å². The number of esters is 1. The monoisotopic (exact) mass is 484 g/mol. The number of aliphatic hydroxyl groups is 1. The molecule has 0 aliphatic heterocycles. The lowest BCUT2D eigenvalue weighted by Crippen LogP contribution is -2.59. The summed E-state index contributed by atoms with van der Waals surface area (Å²) >= 11 is 0. The van der Waals surface area contributed by atoms with Crippen LogP contribution in [-0.4, -0.2) is 23.3 Å². The van der Waals surface area contributed by atoms with Gasteiger partial charge >= 0.3 is 5.97 Å². The van der Waals surface area contributed by atoms with Gasteiger partial charge in [0.05, 0.1) is 6.10 Å². The Balaban J connectivity index is 1.47. The van der Waals surface area contributed by atoms with E-state index in [1.807, 2.05) is 0 Å². The van der Waals surface area contributed by atoms with Gasteiger partial charge in [-0.2, -0.15) is 0 Å². The van der Waals surface area contributed by atoms with Crippen molar-refractivity contribution in [1.29, 1.82) is 0 Å². The summed E-state index contributed by atoms with van der Waals surface area (Å²) < 4.78 is 5.90. The van der Waals surface area contributed by atoms with Crippen molar-refractivity contribution in [3.63, 3.8) is 0 Å². The molecular weight excluding hydrogens is 432 g/mol. The molecule has 3 nitrogen and oxygen atoms in total. The summed E-state index contributed by atoms with van der Waals surface area (Å²) in [6.07, 6.45) is 14.4. The Morgan fingerprint density at radius 2 is 1.51 bits per heavy atom. The molecule has 0 spiro atoms. The first-order chi connectivity index (χ1) is 16.2. The van der Waals surface area contributed by atoms with E-state index in [1.165, 1.54) is 44.9 Å². The average molecular weight is 485 g/mol. The zero-order valence-electron chi connectivity index (χ0n) is 23.9. The summed E-state index contributed by atoms with van der Waals surface area (Å²) in [6, 6.07) is 0. The van der Waals surface area contributed by atoms with Crippen LogP contribution in [0.2, 0.25) is 0 Å². The largest absolute Gasteiger partial charge is 0.462 e. The molecule has 0 aromatic carbocycles. The van der Waals surface area contributed by atoms with E-state index in [4.69, 9.17) is 4.74 Å². The molecule has 5 aliphatic carbocycles. The number of rotatable bonds is 1. The van der Waals surface area contributed by atoms with Crippen LogP contribution in [0, 0.1) is 50.7 Å². The molecular formula is C32H52O3. The van der Waals surface area contributed by atoms with Gasteiger partial charge in [0.25, 0.3) is 0 Å². The van der Waals surface area contributed by atoms with E-state index in [0.29, 0.717) is 34.0 Å². The van der Waals surface area contributed by atoms with Gasteiger partial charge in [0.15, 0.2) is 0 Å². The second-order valence-corrected chi connectivity index (χ2v) is 15.5. The van der Waals surface area contributed by atoms with Gasteiger partial charge in [0.2, 0.25) is 0 Å². The normalized spacial score (nSPS) is 50.4. The molecule has 35 heavy (non-hydrogen) atoms. The van der Waals surface area contributed by atoms with E-state index in [-0.39, 0.29) is 29.0 Å². The number of allylic oxidation sites excluding steroid dienone is 2. The maximum absolute atomic E-state index is 11.9. The highest BCUT2D eigenvalue weighted by Crippen LogP contribution is 2.70. The molecule has 0 saturated heterocycles. The van der Waals surface area contributed by atoms with Crippen molar-refractivity contribution in [2.75, 3.05) is 0 Å². The van der Waals surface area contributed by atoms with E-state index in [2.05, 4.69) is 54.5 Å². The zero-order chi connectivity index (χ0) is 25.6. The Morgan fingerprint density at radius 3 is 2.20 bits per heavy atom. The van der Waals surface area contributed by atoms with Crippen LogP contribution in [0.5, 0.6) is 0 Å². The highest BCUT2D eigenvalue weighted by molar-refractivity contribution is 5.66. The first-order valence-corrected chi connectivity index (χ1v) is 14.7. The quantitative estimate of drug-likeness (QED) is 0.306. The van der Waals surface area contributed by atoms with E-state index in [1.54, 1.807) is 12.5 Å². The van der Waals surface area contributed by atoms with E-state index >= 15 is 0 Å². The number of fused-ring (bicyclic) bond motifs is 6. The smallest absolute Gasteiger partial charge is 0.302 e. The fraction of sp³-hybridized carbons (Fsp3) is 0.906. The predicted octanol–water partition coefficient (Wildman–Crippen LogP) is 7.71. The Morgan fingerprint density at radius 1 is 0.829 bits per heavy atom. The molecule has 5 rings (SSSR count). The van der Waals surface area contributed by atoms with Gasteiger partial charge < -0.3 is 9.84 Å². The molecule has 0 aromatic rings. The third-order valence-corrected chi connectivity index (χ3v) is 13.1. The summed E-state index contributed by atoms with van der Waals surface area (Å²) in [6.45, 7) is 18.8. The maximum Gasteiger partial charge on any atom is 0.302 e. The fourth-order valence-electron chi connectivity index (χ4n) is 11.3. The second kappa shape index (κ2) is 8.08. The second-order valence-electron chi connectivity index (χ2n) is 15.5. The number of carbonyl (C=O) groups is 1. The van der Waals surface area contributed by atoms with E-state index in [0.717, 1.165) is 25.2 Å². The highest BCUT2D eigenvalue weighted by Gasteiger charge is 2.63. The van der Waals surface area contributed by atoms with Crippen LogP contribution in [-0.2, 0) is 9.53 Å². The van der Waals surface area contributed by atoms with Crippen molar-refractivity contribution < 1.29 is 14.6 Å². The highest BCUT2D eigenvalue weighted by atomic mass is 16.5. The number of aliphatic hydroxyl groups excluding tert-OH is 1. The van der Waals surface area contributed by atoms with Crippen LogP contribution in [0.4, 0.5) is 0 Å². The van der Waals surface area contributed by atoms with Crippen molar-refractivity contribution in [1.82, 2.24) is 0 Å². The molecule has 5 aliphatic rings. The van der Waals surface area contributed by atoms with Gasteiger partial charge in [0, 0.05) is 12.3 Å². The van der Waals surface area contributed by atoms with Crippen LogP contribution in [0.25, 0.3) is 0 Å². The van der Waals surface area contributed by atoms with Crippen LogP contribution >= 0.6 is 0 Å². The van der Waals surface area contributed by atoms with Crippen molar-refractivity contribution >= 4 is 5.97 Å². The molecule has 0 bridgehead atoms. The van der Waals surface area contributed by atoms with Crippen molar-refractivity contribution in [3.8, 4) is 0 Å². The Hall–Kier alpha value is -0.830. The van der Waals surface area contributed by atoms with Crippen LogP contribution < -0.4 is 0 Å². The maximum atomic E-state index is 11.9. The minimum Gasteiger partial charge on any atom is -0.462 e. The molecule has 9 atom stereocenters. The van der Waals surface area contributed by atoms with Crippen molar-refractivity contribution in [2.45, 2.75) is 132 Å². The third-order valence-electron chi connectivity index (χ3n) is 13.1. The van der Waals surface area contributed by atoms with Crippen LogP contribution in [0.1, 0.15) is 120 Å². The summed E-state index contributed by atoms with van der Waals surface area (Å²) in [7, 11) is 0. The van der Waals surface area contributed by atoms with Gasteiger partial charge in [-0.1, -0.05) is 60.1 Å². The topological polar surface area (TPSA) is 46.5 Å². The van der Waals surface area contributed by atoms with Crippen molar-refractivity contribution in [3.05, 3.63) is 11.6 Å². The number of ether oxygens (including phenoxy) is 1. The summed E-state index contributed by atoms with van der Waals surface area (Å²) in [5.41, 5.74) is 2.76. The van der Waals surface area contributed by atoms with E-state index in [9.17, 15) is 9.90 Å². The third kappa shape index (κ3) is 3.63. The molecule has 0 aromatic heterocycles. The van der Waals surface area contributed by atoms with Crippen LogP contribution in [0.15, 0.2) is 11.6 Å². The fourth-order valence-corrected chi connectivity index (χ4v) is 11.3. The molecule has 1 N–H and O–H groups in total. The molecule has 4 saturated carbocycles.